The summed E-state index contributed by atoms with van der Waals surface area (Å²) in [6, 6.07) is 5.92. The van der Waals surface area contributed by atoms with E-state index in [9.17, 15) is 4.79 Å². The first-order valence-electron chi connectivity index (χ1n) is 8.95. The maximum atomic E-state index is 11.5. The van der Waals surface area contributed by atoms with E-state index < -0.39 is 5.79 Å². The van der Waals surface area contributed by atoms with Gasteiger partial charge in [-0.1, -0.05) is 11.6 Å². The predicted molar refractivity (Wildman–Crippen MR) is 109 cm³/mol. The van der Waals surface area contributed by atoms with Crippen LogP contribution in [0, 0.1) is 0 Å². The third-order valence-electron chi connectivity index (χ3n) is 4.57. The Hall–Kier alpha value is -1.93. The number of aromatic nitrogens is 4. The van der Waals surface area contributed by atoms with E-state index >= 15 is 0 Å². The van der Waals surface area contributed by atoms with E-state index in [-0.39, 0.29) is 10.8 Å². The van der Waals surface area contributed by atoms with Gasteiger partial charge in [-0.3, -0.25) is 4.79 Å². The molecule has 9 heteroatoms. The van der Waals surface area contributed by atoms with Crippen molar-refractivity contribution in [2.24, 2.45) is 0 Å². The summed E-state index contributed by atoms with van der Waals surface area (Å²) in [6.45, 7) is 2.60. The van der Waals surface area contributed by atoms with Gasteiger partial charge in [0.25, 0.3) is 0 Å². The molecule has 3 heterocycles. The number of aliphatic hydroxyl groups is 2. The number of pyridine rings is 1. The van der Waals surface area contributed by atoms with E-state index in [2.05, 4.69) is 19.5 Å². The lowest BCUT2D eigenvalue weighted by atomic mass is 9.99. The SMILES string of the molecule is CC(C)(O)O.O=c1cc(C2CCC(n3ccc4c(Cl)nc(Cl)nc43)C2)cc[nH]1. The Bertz CT molecular complexity index is 1020. The van der Waals surface area contributed by atoms with Crippen LogP contribution in [-0.2, 0) is 0 Å². The van der Waals surface area contributed by atoms with Gasteiger partial charge in [-0.05, 0) is 68.3 Å². The van der Waals surface area contributed by atoms with Gasteiger partial charge in [0.05, 0.1) is 5.39 Å². The molecule has 3 aromatic heterocycles. The molecule has 2 unspecified atom stereocenters. The molecule has 0 radical (unpaired) electrons. The lowest BCUT2D eigenvalue weighted by Gasteiger charge is -2.14. The van der Waals surface area contributed by atoms with Gasteiger partial charge < -0.3 is 19.8 Å². The van der Waals surface area contributed by atoms with E-state index in [0.29, 0.717) is 17.1 Å². The van der Waals surface area contributed by atoms with Crippen LogP contribution in [0.4, 0.5) is 0 Å². The summed E-state index contributed by atoms with van der Waals surface area (Å²) < 4.78 is 2.13. The molecular weight excluding hydrogens is 403 g/mol. The van der Waals surface area contributed by atoms with Gasteiger partial charge in [-0.2, -0.15) is 4.98 Å². The molecule has 2 atom stereocenters. The summed E-state index contributed by atoms with van der Waals surface area (Å²) in [5.74, 6) is -1.12. The molecule has 7 nitrogen and oxygen atoms in total. The monoisotopic (exact) mass is 424 g/mol. The lowest BCUT2D eigenvalue weighted by Crippen LogP contribution is -2.15. The van der Waals surface area contributed by atoms with Crippen LogP contribution in [0.3, 0.4) is 0 Å². The number of H-pyrrole nitrogens is 1. The first kappa shape index (κ1) is 20.8. The summed E-state index contributed by atoms with van der Waals surface area (Å²) in [4.78, 5) is 22.5. The molecule has 28 heavy (non-hydrogen) atoms. The van der Waals surface area contributed by atoms with Gasteiger partial charge in [0.1, 0.15) is 10.8 Å². The first-order valence-corrected chi connectivity index (χ1v) is 9.70. The molecule has 0 aliphatic heterocycles. The Morgan fingerprint density at radius 1 is 1.21 bits per heavy atom. The summed E-state index contributed by atoms with van der Waals surface area (Å²) in [5.41, 5.74) is 1.81. The van der Waals surface area contributed by atoms with Crippen molar-refractivity contribution in [1.82, 2.24) is 19.5 Å². The van der Waals surface area contributed by atoms with Crippen molar-refractivity contribution in [2.75, 3.05) is 0 Å². The smallest absolute Gasteiger partial charge is 0.248 e. The second kappa shape index (κ2) is 8.21. The van der Waals surface area contributed by atoms with Crippen molar-refractivity contribution >= 4 is 34.2 Å². The van der Waals surface area contributed by atoms with Crippen molar-refractivity contribution < 1.29 is 10.2 Å². The number of fused-ring (bicyclic) bond motifs is 1. The predicted octanol–water partition coefficient (Wildman–Crippen LogP) is 3.64. The van der Waals surface area contributed by atoms with Crippen LogP contribution < -0.4 is 5.56 Å². The Labute approximate surface area is 172 Å². The number of rotatable bonds is 2. The molecule has 0 bridgehead atoms. The fourth-order valence-corrected chi connectivity index (χ4v) is 3.93. The molecule has 4 rings (SSSR count). The Morgan fingerprint density at radius 3 is 2.61 bits per heavy atom. The Morgan fingerprint density at radius 2 is 1.93 bits per heavy atom. The maximum Gasteiger partial charge on any atom is 0.248 e. The quantitative estimate of drug-likeness (QED) is 0.330. The number of nitrogens with one attached hydrogen (secondary N) is 1. The number of nitrogens with zero attached hydrogens (tertiary/aromatic N) is 3. The summed E-state index contributed by atoms with van der Waals surface area (Å²) in [6.07, 6.45) is 6.74. The first-order chi connectivity index (χ1) is 13.1. The molecular formula is C19H22Cl2N4O3. The average molecular weight is 425 g/mol. The van der Waals surface area contributed by atoms with Crippen LogP contribution in [0.5, 0.6) is 0 Å². The van der Waals surface area contributed by atoms with Gasteiger partial charge >= 0.3 is 0 Å². The zero-order chi connectivity index (χ0) is 20.5. The molecule has 0 spiro atoms. The van der Waals surface area contributed by atoms with Crippen LogP contribution >= 0.6 is 23.2 Å². The highest BCUT2D eigenvalue weighted by Crippen LogP contribution is 2.42. The molecule has 3 N–H and O–H groups in total. The standard InChI is InChI=1S/C16H14Cl2N4O.C3H8O2/c17-14-12-4-6-22(15(12)21-16(18)20-14)11-2-1-9(7-11)10-3-5-19-13(23)8-10;1-3(2,4)5/h3-6,8-9,11H,1-2,7H2,(H,19,23);4-5H,1-2H3. The fourth-order valence-electron chi connectivity index (χ4n) is 3.49. The Kier molecular flexibility index (Phi) is 6.09. The maximum absolute atomic E-state index is 11.5. The van der Waals surface area contributed by atoms with Gasteiger partial charge in [-0.25, -0.2) is 4.98 Å². The summed E-state index contributed by atoms with van der Waals surface area (Å²) in [5, 5.41) is 17.5. The van der Waals surface area contributed by atoms with E-state index in [1.165, 1.54) is 13.8 Å². The van der Waals surface area contributed by atoms with Crippen molar-refractivity contribution in [3.05, 3.63) is 56.9 Å². The molecule has 0 aromatic carbocycles. The Balaban J connectivity index is 0.000000403. The zero-order valence-corrected chi connectivity index (χ0v) is 17.1. The summed E-state index contributed by atoms with van der Waals surface area (Å²) >= 11 is 12.1. The minimum atomic E-state index is -1.50. The highest BCUT2D eigenvalue weighted by Gasteiger charge is 2.28. The van der Waals surface area contributed by atoms with Crippen LogP contribution in [0.25, 0.3) is 11.0 Å². The number of aromatic amines is 1. The zero-order valence-electron chi connectivity index (χ0n) is 15.6. The van der Waals surface area contributed by atoms with Gasteiger partial charge in [0.2, 0.25) is 10.8 Å². The topological polar surface area (TPSA) is 104 Å². The van der Waals surface area contributed by atoms with Gasteiger partial charge in [0.15, 0.2) is 5.79 Å². The molecule has 0 amide bonds. The van der Waals surface area contributed by atoms with E-state index in [4.69, 9.17) is 33.4 Å². The second-order valence-electron chi connectivity index (χ2n) is 7.39. The molecule has 1 aliphatic rings. The molecule has 1 saturated carbocycles. The van der Waals surface area contributed by atoms with Gasteiger partial charge in [-0.15, -0.1) is 0 Å². The minimum Gasteiger partial charge on any atom is -0.366 e. The van der Waals surface area contributed by atoms with E-state index in [1.54, 1.807) is 12.3 Å². The molecule has 1 aliphatic carbocycles. The van der Waals surface area contributed by atoms with E-state index in [0.717, 1.165) is 35.9 Å². The van der Waals surface area contributed by atoms with Crippen LogP contribution in [-0.4, -0.2) is 35.5 Å². The third kappa shape index (κ3) is 5.11. The third-order valence-corrected chi connectivity index (χ3v) is 5.02. The largest absolute Gasteiger partial charge is 0.366 e. The number of halogens is 2. The van der Waals surface area contributed by atoms with Crippen LogP contribution in [0.2, 0.25) is 10.4 Å². The normalized spacial score (nSPS) is 19.5. The van der Waals surface area contributed by atoms with Crippen molar-refractivity contribution in [2.45, 2.75) is 50.9 Å². The molecule has 150 valence electrons. The van der Waals surface area contributed by atoms with E-state index in [1.807, 2.05) is 18.3 Å². The van der Waals surface area contributed by atoms with Crippen molar-refractivity contribution in [3.8, 4) is 0 Å². The van der Waals surface area contributed by atoms with Crippen LogP contribution in [0.15, 0.2) is 35.4 Å². The second-order valence-corrected chi connectivity index (χ2v) is 8.08. The van der Waals surface area contributed by atoms with Crippen molar-refractivity contribution in [1.29, 1.82) is 0 Å². The molecule has 1 fully saturated rings. The summed E-state index contributed by atoms with van der Waals surface area (Å²) in [7, 11) is 0. The highest BCUT2D eigenvalue weighted by atomic mass is 35.5. The van der Waals surface area contributed by atoms with Crippen molar-refractivity contribution in [3.63, 3.8) is 0 Å². The number of hydrogen-bond acceptors (Lipinski definition) is 5. The fraction of sp³-hybridized carbons (Fsp3) is 0.421. The average Bonchev–Trinajstić information content (AvgIpc) is 3.19. The molecule has 3 aromatic rings. The van der Waals surface area contributed by atoms with Gasteiger partial charge in [0, 0.05) is 24.5 Å². The molecule has 0 saturated heterocycles. The van der Waals surface area contributed by atoms with Crippen LogP contribution in [0.1, 0.15) is 50.6 Å². The number of hydrogen-bond donors (Lipinski definition) is 3. The lowest BCUT2D eigenvalue weighted by molar-refractivity contribution is -0.127. The highest BCUT2D eigenvalue weighted by molar-refractivity contribution is 6.35. The minimum absolute atomic E-state index is 0.0522.